The predicted octanol–water partition coefficient (Wildman–Crippen LogP) is 3.66. The summed E-state index contributed by atoms with van der Waals surface area (Å²) in [6, 6.07) is 14.5. The Kier molecular flexibility index (Phi) is 5.03. The zero-order valence-corrected chi connectivity index (χ0v) is 14.3. The Morgan fingerprint density at radius 1 is 1.17 bits per heavy atom. The van der Waals surface area contributed by atoms with Crippen LogP contribution in [0.2, 0.25) is 0 Å². The zero-order chi connectivity index (χ0) is 16.2. The van der Waals surface area contributed by atoms with Gasteiger partial charge in [-0.3, -0.25) is 9.00 Å². The monoisotopic (exact) mass is 347 g/mol. The van der Waals surface area contributed by atoms with Gasteiger partial charge in [-0.25, -0.2) is 0 Å². The molecule has 6 heteroatoms. The van der Waals surface area contributed by atoms with Crippen molar-refractivity contribution >= 4 is 34.2 Å². The van der Waals surface area contributed by atoms with Crippen molar-refractivity contribution in [2.45, 2.75) is 17.1 Å². The van der Waals surface area contributed by atoms with E-state index >= 15 is 0 Å². The summed E-state index contributed by atoms with van der Waals surface area (Å²) in [4.78, 5) is 11.8. The zero-order valence-electron chi connectivity index (χ0n) is 12.7. The first kappa shape index (κ1) is 16.1. The van der Waals surface area contributed by atoms with Crippen molar-refractivity contribution < 1.29 is 13.7 Å². The molecule has 0 radical (unpaired) electrons. The topological polar surface area (TPSA) is 55.4 Å². The van der Waals surface area contributed by atoms with Gasteiger partial charge in [-0.05, 0) is 48.5 Å². The van der Waals surface area contributed by atoms with Crippen molar-refractivity contribution in [1.82, 2.24) is 0 Å². The molecule has 1 aliphatic rings. The molecular weight excluding hydrogens is 330 g/mol. The van der Waals surface area contributed by atoms with Gasteiger partial charge in [0.1, 0.15) is 11.5 Å². The molecule has 0 unspecified atom stereocenters. The number of benzene rings is 2. The lowest BCUT2D eigenvalue weighted by atomic mass is 10.3. The first-order valence-corrected chi connectivity index (χ1v) is 9.62. The third-order valence-electron chi connectivity index (χ3n) is 3.24. The molecule has 1 heterocycles. The highest BCUT2D eigenvalue weighted by Crippen LogP contribution is 2.32. The normalized spacial score (nSPS) is 17.3. The number of ether oxygens (including phenoxy) is 1. The Labute approximate surface area is 142 Å². The van der Waals surface area contributed by atoms with Gasteiger partial charge in [0.25, 0.3) is 0 Å². The molecule has 2 aromatic carbocycles. The van der Waals surface area contributed by atoms with E-state index in [0.717, 1.165) is 22.1 Å². The Hall–Kier alpha value is -1.79. The van der Waals surface area contributed by atoms with E-state index in [-0.39, 0.29) is 5.91 Å². The standard InChI is InChI=1S/C17H17NO3S2/c1-12(19)18-13-2-4-14(5-3-13)21-15-6-8-17(9-7-15)23(20)11-16-10-22-16/h2-9,16H,10-11H2,1H3,(H,18,19)/t16-,23-/m0/s1. The molecule has 0 aliphatic carbocycles. The first-order valence-electron chi connectivity index (χ1n) is 7.26. The van der Waals surface area contributed by atoms with Crippen LogP contribution in [0.3, 0.4) is 0 Å². The first-order chi connectivity index (χ1) is 11.1. The lowest BCUT2D eigenvalue weighted by molar-refractivity contribution is -0.114. The van der Waals surface area contributed by atoms with Gasteiger partial charge < -0.3 is 10.1 Å². The molecule has 1 fully saturated rings. The van der Waals surface area contributed by atoms with Crippen LogP contribution in [0.4, 0.5) is 5.69 Å². The SMILES string of the molecule is CC(=O)Nc1ccc(Oc2ccc([S@@](=O)C[C@@H]3CS3)cc2)cc1. The van der Waals surface area contributed by atoms with E-state index in [0.29, 0.717) is 16.7 Å². The molecule has 23 heavy (non-hydrogen) atoms. The Morgan fingerprint density at radius 2 is 1.74 bits per heavy atom. The van der Waals surface area contributed by atoms with Crippen LogP contribution in [-0.2, 0) is 15.6 Å². The minimum absolute atomic E-state index is 0.105. The van der Waals surface area contributed by atoms with Crippen LogP contribution < -0.4 is 10.1 Å². The summed E-state index contributed by atoms with van der Waals surface area (Å²) >= 11 is 1.86. The van der Waals surface area contributed by atoms with Crippen molar-refractivity contribution in [2.75, 3.05) is 16.8 Å². The van der Waals surface area contributed by atoms with Crippen LogP contribution in [0.5, 0.6) is 11.5 Å². The fourth-order valence-corrected chi connectivity index (χ4v) is 4.28. The minimum Gasteiger partial charge on any atom is -0.457 e. The quantitative estimate of drug-likeness (QED) is 0.810. The number of carbonyl (C=O) groups is 1. The maximum atomic E-state index is 12.1. The molecule has 0 bridgehead atoms. The van der Waals surface area contributed by atoms with Gasteiger partial charge in [-0.15, -0.1) is 0 Å². The summed E-state index contributed by atoms with van der Waals surface area (Å²) in [6.45, 7) is 1.47. The van der Waals surface area contributed by atoms with Gasteiger partial charge >= 0.3 is 0 Å². The number of amides is 1. The number of anilines is 1. The minimum atomic E-state index is -0.931. The number of hydrogen-bond acceptors (Lipinski definition) is 4. The highest BCUT2D eigenvalue weighted by Gasteiger charge is 2.25. The van der Waals surface area contributed by atoms with Gasteiger partial charge in [0.2, 0.25) is 5.91 Å². The number of rotatable bonds is 6. The molecule has 2 aromatic rings. The van der Waals surface area contributed by atoms with Gasteiger partial charge in [0.05, 0.1) is 10.8 Å². The maximum Gasteiger partial charge on any atom is 0.221 e. The molecule has 2 atom stereocenters. The number of nitrogens with one attached hydrogen (secondary N) is 1. The molecule has 3 rings (SSSR count). The molecule has 1 saturated heterocycles. The van der Waals surface area contributed by atoms with Gasteiger partial charge in [-0.2, -0.15) is 11.8 Å². The molecule has 1 N–H and O–H groups in total. The van der Waals surface area contributed by atoms with Gasteiger partial charge in [0, 0.05) is 34.3 Å². The molecule has 4 nitrogen and oxygen atoms in total. The highest BCUT2D eigenvalue weighted by atomic mass is 32.2. The third kappa shape index (κ3) is 4.84. The summed E-state index contributed by atoms with van der Waals surface area (Å²) in [6.07, 6.45) is 0. The van der Waals surface area contributed by atoms with Crippen LogP contribution in [0.1, 0.15) is 6.92 Å². The summed E-state index contributed by atoms with van der Waals surface area (Å²) in [7, 11) is -0.931. The van der Waals surface area contributed by atoms with Gasteiger partial charge in [-0.1, -0.05) is 0 Å². The van der Waals surface area contributed by atoms with Gasteiger partial charge in [0.15, 0.2) is 0 Å². The van der Waals surface area contributed by atoms with E-state index < -0.39 is 10.8 Å². The van der Waals surface area contributed by atoms with E-state index in [1.54, 1.807) is 24.3 Å². The average molecular weight is 347 g/mol. The highest BCUT2D eigenvalue weighted by molar-refractivity contribution is 8.07. The summed E-state index contributed by atoms with van der Waals surface area (Å²) < 4.78 is 17.9. The molecule has 1 aliphatic heterocycles. The molecule has 0 aromatic heterocycles. The van der Waals surface area contributed by atoms with Crippen molar-refractivity contribution in [3.05, 3.63) is 48.5 Å². The second-order valence-electron chi connectivity index (χ2n) is 5.25. The average Bonchev–Trinajstić information content (AvgIpc) is 3.33. The van der Waals surface area contributed by atoms with E-state index in [1.165, 1.54) is 6.92 Å². The van der Waals surface area contributed by atoms with Crippen molar-refractivity contribution in [2.24, 2.45) is 0 Å². The molecule has 0 spiro atoms. The summed E-state index contributed by atoms with van der Waals surface area (Å²) in [5, 5.41) is 3.27. The lowest BCUT2D eigenvalue weighted by Crippen LogP contribution is -2.05. The Morgan fingerprint density at radius 3 is 2.26 bits per heavy atom. The largest absolute Gasteiger partial charge is 0.457 e. The molecule has 120 valence electrons. The van der Waals surface area contributed by atoms with Crippen LogP contribution in [0.25, 0.3) is 0 Å². The molecule has 0 saturated carbocycles. The summed E-state index contributed by atoms with van der Waals surface area (Å²) in [5.41, 5.74) is 0.730. The second-order valence-corrected chi connectivity index (χ2v) is 8.08. The van der Waals surface area contributed by atoms with E-state index in [1.807, 2.05) is 36.0 Å². The molecule has 1 amide bonds. The number of carbonyl (C=O) groups excluding carboxylic acids is 1. The smallest absolute Gasteiger partial charge is 0.221 e. The van der Waals surface area contributed by atoms with Crippen molar-refractivity contribution in [3.8, 4) is 11.5 Å². The summed E-state index contributed by atoms with van der Waals surface area (Å²) in [5.74, 6) is 3.13. The van der Waals surface area contributed by atoms with Crippen LogP contribution in [0, 0.1) is 0 Å². The second kappa shape index (κ2) is 7.19. The van der Waals surface area contributed by atoms with E-state index in [2.05, 4.69) is 5.32 Å². The predicted molar refractivity (Wildman–Crippen MR) is 94.8 cm³/mol. The van der Waals surface area contributed by atoms with Crippen molar-refractivity contribution in [1.29, 1.82) is 0 Å². The van der Waals surface area contributed by atoms with Crippen molar-refractivity contribution in [3.63, 3.8) is 0 Å². The Bertz CT molecular complexity index is 710. The van der Waals surface area contributed by atoms with E-state index in [9.17, 15) is 9.00 Å². The Balaban J connectivity index is 1.61. The number of hydrogen-bond donors (Lipinski definition) is 1. The molecular formula is C17H17NO3S2. The maximum absolute atomic E-state index is 12.1. The van der Waals surface area contributed by atoms with Crippen LogP contribution >= 0.6 is 11.8 Å². The number of thioether (sulfide) groups is 1. The lowest BCUT2D eigenvalue weighted by Gasteiger charge is -2.08. The fraction of sp³-hybridized carbons (Fsp3) is 0.235. The fourth-order valence-electron chi connectivity index (χ4n) is 2.03. The van der Waals surface area contributed by atoms with Crippen LogP contribution in [-0.4, -0.2) is 26.9 Å². The van der Waals surface area contributed by atoms with E-state index in [4.69, 9.17) is 4.74 Å². The third-order valence-corrected chi connectivity index (χ3v) is 5.92. The van der Waals surface area contributed by atoms with Crippen LogP contribution in [0.15, 0.2) is 53.4 Å².